The second-order valence-corrected chi connectivity index (χ2v) is 6.08. The summed E-state index contributed by atoms with van der Waals surface area (Å²) in [6.07, 6.45) is 2.36. The summed E-state index contributed by atoms with van der Waals surface area (Å²) in [6.45, 7) is 2.48. The van der Waals surface area contributed by atoms with Gasteiger partial charge < -0.3 is 9.64 Å². The van der Waals surface area contributed by atoms with E-state index in [9.17, 15) is 22.8 Å². The largest absolute Gasteiger partial charge is 0.466 e. The van der Waals surface area contributed by atoms with Crippen LogP contribution in [0.3, 0.4) is 0 Å². The van der Waals surface area contributed by atoms with Gasteiger partial charge >= 0.3 is 5.97 Å². The number of nitrogens with zero attached hydrogens (tertiary/aromatic N) is 2. The summed E-state index contributed by atoms with van der Waals surface area (Å²) in [5.41, 5.74) is -0.176. The molecule has 0 aliphatic carbocycles. The summed E-state index contributed by atoms with van der Waals surface area (Å²) in [4.78, 5) is 30.1. The molecular weight excluding hydrogens is 349 g/mol. The minimum atomic E-state index is -1.59. The molecule has 8 heteroatoms. The summed E-state index contributed by atoms with van der Waals surface area (Å²) in [5, 5.41) is -0.326. The minimum absolute atomic E-state index is 0.104. The minimum Gasteiger partial charge on any atom is -0.466 e. The standard InChI is InChI=1S/C18H17F3N2O3/c1-2-26-18(25)10-4-3-7-23(9-10)17(24)16-12-8-13(19)15(21)14(20)11(12)5-6-22-16/h5-6,8,10H,2-4,7,9H2,1H3. The fourth-order valence-electron chi connectivity index (χ4n) is 3.16. The Morgan fingerprint density at radius 2 is 2.04 bits per heavy atom. The summed E-state index contributed by atoms with van der Waals surface area (Å²) in [5.74, 6) is -5.74. The van der Waals surface area contributed by atoms with Gasteiger partial charge in [-0.2, -0.15) is 0 Å². The zero-order valence-electron chi connectivity index (χ0n) is 14.1. The van der Waals surface area contributed by atoms with Crippen LogP contribution in [-0.4, -0.2) is 41.5 Å². The van der Waals surface area contributed by atoms with E-state index >= 15 is 0 Å². The number of carbonyl (C=O) groups is 2. The van der Waals surface area contributed by atoms with Crippen molar-refractivity contribution in [3.05, 3.63) is 41.5 Å². The first-order chi connectivity index (χ1) is 12.4. The van der Waals surface area contributed by atoms with Crippen LogP contribution in [0.4, 0.5) is 13.2 Å². The molecule has 3 rings (SSSR count). The van der Waals surface area contributed by atoms with Crippen molar-refractivity contribution in [3.8, 4) is 0 Å². The summed E-state index contributed by atoms with van der Waals surface area (Å²) >= 11 is 0. The maximum atomic E-state index is 14.0. The molecule has 2 aromatic rings. The number of benzene rings is 1. The highest BCUT2D eigenvalue weighted by atomic mass is 19.2. The molecule has 1 atom stereocenters. The Morgan fingerprint density at radius 1 is 1.27 bits per heavy atom. The van der Waals surface area contributed by atoms with Crippen LogP contribution in [0.15, 0.2) is 18.3 Å². The van der Waals surface area contributed by atoms with Gasteiger partial charge in [-0.05, 0) is 31.9 Å². The number of piperidine rings is 1. The molecule has 1 unspecified atom stereocenters. The lowest BCUT2D eigenvalue weighted by Gasteiger charge is -2.31. The number of aromatic nitrogens is 1. The molecule has 138 valence electrons. The number of fused-ring (bicyclic) bond motifs is 1. The summed E-state index contributed by atoms with van der Waals surface area (Å²) in [6, 6.07) is 1.95. The van der Waals surface area contributed by atoms with Crippen LogP contribution < -0.4 is 0 Å². The second-order valence-electron chi connectivity index (χ2n) is 6.08. The number of likely N-dealkylation sites (tertiary alicyclic amines) is 1. The number of halogens is 3. The monoisotopic (exact) mass is 366 g/mol. The third kappa shape index (κ3) is 3.23. The van der Waals surface area contributed by atoms with E-state index in [2.05, 4.69) is 4.98 Å². The predicted octanol–water partition coefficient (Wildman–Crippen LogP) is 3.07. The van der Waals surface area contributed by atoms with Crippen molar-refractivity contribution in [1.82, 2.24) is 9.88 Å². The van der Waals surface area contributed by atoms with Crippen molar-refractivity contribution in [3.63, 3.8) is 0 Å². The van der Waals surface area contributed by atoms with E-state index in [1.54, 1.807) is 6.92 Å². The van der Waals surface area contributed by atoms with Gasteiger partial charge in [0, 0.05) is 30.1 Å². The SMILES string of the molecule is CCOC(=O)C1CCCN(C(=O)c2nccc3c(F)c(F)c(F)cc23)C1. The first kappa shape index (κ1) is 18.2. The van der Waals surface area contributed by atoms with Gasteiger partial charge in [-0.1, -0.05) is 0 Å². The number of pyridine rings is 1. The molecule has 1 aromatic carbocycles. The maximum absolute atomic E-state index is 14.0. The number of hydrogen-bond donors (Lipinski definition) is 0. The zero-order chi connectivity index (χ0) is 18.8. The summed E-state index contributed by atoms with van der Waals surface area (Å²) < 4.78 is 46.0. The number of hydrogen-bond acceptors (Lipinski definition) is 4. The predicted molar refractivity (Wildman–Crippen MR) is 86.9 cm³/mol. The van der Waals surface area contributed by atoms with Gasteiger partial charge in [0.05, 0.1) is 12.5 Å². The van der Waals surface area contributed by atoms with E-state index in [1.165, 1.54) is 17.2 Å². The molecule has 1 fully saturated rings. The molecule has 1 saturated heterocycles. The van der Waals surface area contributed by atoms with E-state index in [-0.39, 0.29) is 35.6 Å². The Balaban J connectivity index is 1.94. The summed E-state index contributed by atoms with van der Waals surface area (Å²) in [7, 11) is 0. The molecule has 26 heavy (non-hydrogen) atoms. The van der Waals surface area contributed by atoms with Gasteiger partial charge in [0.15, 0.2) is 17.5 Å². The molecule has 5 nitrogen and oxygen atoms in total. The van der Waals surface area contributed by atoms with Crippen molar-refractivity contribution in [2.24, 2.45) is 5.92 Å². The Kier molecular flexibility index (Phi) is 5.11. The van der Waals surface area contributed by atoms with Crippen LogP contribution in [-0.2, 0) is 9.53 Å². The van der Waals surface area contributed by atoms with Gasteiger partial charge in [-0.3, -0.25) is 14.6 Å². The fraction of sp³-hybridized carbons (Fsp3) is 0.389. The third-order valence-electron chi connectivity index (χ3n) is 4.43. The maximum Gasteiger partial charge on any atom is 0.310 e. The molecule has 0 saturated carbocycles. The van der Waals surface area contributed by atoms with Crippen LogP contribution in [0.2, 0.25) is 0 Å². The number of esters is 1. The third-order valence-corrected chi connectivity index (χ3v) is 4.43. The van der Waals surface area contributed by atoms with E-state index in [4.69, 9.17) is 4.74 Å². The lowest BCUT2D eigenvalue weighted by atomic mass is 9.97. The van der Waals surface area contributed by atoms with Gasteiger partial charge in [0.1, 0.15) is 5.69 Å². The topological polar surface area (TPSA) is 59.5 Å². The van der Waals surface area contributed by atoms with E-state index in [0.29, 0.717) is 19.4 Å². The number of carbonyl (C=O) groups excluding carboxylic acids is 2. The van der Waals surface area contributed by atoms with Gasteiger partial charge in [0.25, 0.3) is 5.91 Å². The average molecular weight is 366 g/mol. The van der Waals surface area contributed by atoms with Gasteiger partial charge in [-0.15, -0.1) is 0 Å². The zero-order valence-corrected chi connectivity index (χ0v) is 14.1. The highest BCUT2D eigenvalue weighted by Gasteiger charge is 2.31. The first-order valence-corrected chi connectivity index (χ1v) is 8.32. The van der Waals surface area contributed by atoms with Crippen molar-refractivity contribution < 1.29 is 27.5 Å². The Hall–Kier alpha value is -2.64. The van der Waals surface area contributed by atoms with Crippen molar-refractivity contribution >= 4 is 22.6 Å². The highest BCUT2D eigenvalue weighted by Crippen LogP contribution is 2.27. The van der Waals surface area contributed by atoms with E-state index in [0.717, 1.165) is 6.07 Å². The molecule has 1 amide bonds. The van der Waals surface area contributed by atoms with Crippen LogP contribution in [0.25, 0.3) is 10.8 Å². The Labute approximate surface area is 147 Å². The number of ether oxygens (including phenoxy) is 1. The molecule has 0 bridgehead atoms. The lowest BCUT2D eigenvalue weighted by Crippen LogP contribution is -2.43. The Morgan fingerprint density at radius 3 is 2.77 bits per heavy atom. The molecular formula is C18H17F3N2O3. The smallest absolute Gasteiger partial charge is 0.310 e. The van der Waals surface area contributed by atoms with Crippen molar-refractivity contribution in [2.45, 2.75) is 19.8 Å². The highest BCUT2D eigenvalue weighted by molar-refractivity contribution is 6.05. The number of amides is 1. The van der Waals surface area contributed by atoms with Crippen molar-refractivity contribution in [1.29, 1.82) is 0 Å². The van der Waals surface area contributed by atoms with Crippen LogP contribution in [0.5, 0.6) is 0 Å². The van der Waals surface area contributed by atoms with Crippen LogP contribution >= 0.6 is 0 Å². The van der Waals surface area contributed by atoms with Gasteiger partial charge in [-0.25, -0.2) is 13.2 Å². The lowest BCUT2D eigenvalue weighted by molar-refractivity contribution is -0.149. The van der Waals surface area contributed by atoms with E-state index < -0.39 is 29.3 Å². The normalized spacial score (nSPS) is 17.4. The Bertz CT molecular complexity index is 872. The molecule has 1 aliphatic heterocycles. The molecule has 1 aliphatic rings. The quantitative estimate of drug-likeness (QED) is 0.619. The first-order valence-electron chi connectivity index (χ1n) is 8.32. The van der Waals surface area contributed by atoms with E-state index in [1.807, 2.05) is 0 Å². The molecule has 0 spiro atoms. The molecule has 0 N–H and O–H groups in total. The second kappa shape index (κ2) is 7.31. The molecule has 1 aromatic heterocycles. The van der Waals surface area contributed by atoms with Crippen LogP contribution in [0, 0.1) is 23.4 Å². The van der Waals surface area contributed by atoms with Crippen molar-refractivity contribution in [2.75, 3.05) is 19.7 Å². The fourth-order valence-corrected chi connectivity index (χ4v) is 3.16. The van der Waals surface area contributed by atoms with Crippen LogP contribution in [0.1, 0.15) is 30.3 Å². The average Bonchev–Trinajstić information content (AvgIpc) is 2.65. The molecule has 2 heterocycles. The van der Waals surface area contributed by atoms with Gasteiger partial charge in [0.2, 0.25) is 0 Å². The molecule has 0 radical (unpaired) electrons. The number of rotatable bonds is 3.